The number of carbonyl (C=O) groups is 1. The van der Waals surface area contributed by atoms with E-state index in [0.29, 0.717) is 50.4 Å². The molecule has 2 aromatic heterocycles. The predicted octanol–water partition coefficient (Wildman–Crippen LogP) is 2.87. The quantitative estimate of drug-likeness (QED) is 0.534. The van der Waals surface area contributed by atoms with E-state index in [9.17, 15) is 17.6 Å². The zero-order valence-corrected chi connectivity index (χ0v) is 21.6. The summed E-state index contributed by atoms with van der Waals surface area (Å²) >= 11 is 0. The molecular weight excluding hydrogens is 483 g/mol. The topological polar surface area (TPSA) is 93.3 Å². The van der Waals surface area contributed by atoms with Crippen LogP contribution in [0, 0.1) is 25.6 Å². The maximum Gasteiger partial charge on any atom is 0.246 e. The molecule has 3 aromatic rings. The summed E-state index contributed by atoms with van der Waals surface area (Å²) in [5, 5.41) is 8.94. The van der Waals surface area contributed by atoms with Crippen molar-refractivity contribution >= 4 is 15.9 Å². The molecule has 11 heteroatoms. The molecule has 1 aromatic carbocycles. The van der Waals surface area contributed by atoms with Crippen LogP contribution >= 0.6 is 0 Å². The lowest BCUT2D eigenvalue weighted by Crippen LogP contribution is -2.46. The summed E-state index contributed by atoms with van der Waals surface area (Å²) in [7, 11) is -2.02. The highest BCUT2D eigenvalue weighted by atomic mass is 32.2. The SMILES string of the molecule is Cc1nn(C)c(C)c1S(=O)(=O)N1CCC[C@H](C(=O)N2CCCn3nc(-c4ccc(F)cc4)cc3C2)C1. The van der Waals surface area contributed by atoms with Crippen LogP contribution in [-0.4, -0.2) is 62.7 Å². The molecular formula is C25H31FN6O3S. The molecule has 0 spiro atoms. The summed E-state index contributed by atoms with van der Waals surface area (Å²) < 4.78 is 45.2. The van der Waals surface area contributed by atoms with Crippen LogP contribution in [0.25, 0.3) is 11.3 Å². The molecule has 1 saturated heterocycles. The van der Waals surface area contributed by atoms with Crippen LogP contribution in [0.15, 0.2) is 35.2 Å². The Labute approximate surface area is 210 Å². The fourth-order valence-electron chi connectivity index (χ4n) is 5.29. The van der Waals surface area contributed by atoms with E-state index in [1.54, 1.807) is 37.7 Å². The number of sulfonamides is 1. The molecule has 1 fully saturated rings. The van der Waals surface area contributed by atoms with Gasteiger partial charge >= 0.3 is 0 Å². The highest BCUT2D eigenvalue weighted by molar-refractivity contribution is 7.89. The average molecular weight is 515 g/mol. The third-order valence-corrected chi connectivity index (χ3v) is 9.36. The van der Waals surface area contributed by atoms with Crippen LogP contribution in [0.1, 0.15) is 36.3 Å². The van der Waals surface area contributed by atoms with Crippen molar-refractivity contribution in [3.05, 3.63) is 53.2 Å². The number of nitrogens with zero attached hydrogens (tertiary/aromatic N) is 6. The monoisotopic (exact) mass is 514 g/mol. The molecule has 0 aliphatic carbocycles. The largest absolute Gasteiger partial charge is 0.336 e. The Morgan fingerprint density at radius 1 is 1.06 bits per heavy atom. The van der Waals surface area contributed by atoms with Gasteiger partial charge in [0, 0.05) is 38.8 Å². The third-order valence-electron chi connectivity index (χ3n) is 7.24. The minimum absolute atomic E-state index is 0.0208. The molecule has 0 radical (unpaired) electrons. The number of rotatable bonds is 4. The molecule has 9 nitrogen and oxygen atoms in total. The van der Waals surface area contributed by atoms with Gasteiger partial charge in [0.25, 0.3) is 0 Å². The van der Waals surface area contributed by atoms with Gasteiger partial charge in [-0.2, -0.15) is 14.5 Å². The molecule has 36 heavy (non-hydrogen) atoms. The second-order valence-corrected chi connectivity index (χ2v) is 11.6. The van der Waals surface area contributed by atoms with Gasteiger partial charge in [-0.15, -0.1) is 0 Å². The standard InChI is InChI=1S/C25H31FN6O3S/c1-17-24(18(2)29(3)27-17)36(34,35)31-12-4-6-20(15-31)25(33)30-11-5-13-32-22(16-30)14-23(28-32)19-7-9-21(26)10-8-19/h7-10,14,20H,4-6,11-13,15-16H2,1-3H3/t20-/m0/s1. The normalized spacial score (nSPS) is 19.2. The van der Waals surface area contributed by atoms with Crippen molar-refractivity contribution in [2.75, 3.05) is 19.6 Å². The van der Waals surface area contributed by atoms with Crippen LogP contribution < -0.4 is 0 Å². The summed E-state index contributed by atoms with van der Waals surface area (Å²) in [5.74, 6) is -0.710. The number of carbonyl (C=O) groups excluding carboxylic acids is 1. The number of hydrogen-bond donors (Lipinski definition) is 0. The highest BCUT2D eigenvalue weighted by Gasteiger charge is 2.37. The Kier molecular flexibility index (Phi) is 6.46. The molecule has 1 atom stereocenters. The van der Waals surface area contributed by atoms with Crippen LogP contribution in [0.5, 0.6) is 0 Å². The van der Waals surface area contributed by atoms with Crippen molar-refractivity contribution in [1.29, 1.82) is 0 Å². The summed E-state index contributed by atoms with van der Waals surface area (Å²) in [4.78, 5) is 15.7. The number of benzene rings is 1. The van der Waals surface area contributed by atoms with Crippen LogP contribution in [0.3, 0.4) is 0 Å². The van der Waals surface area contributed by atoms with E-state index in [4.69, 9.17) is 0 Å². The van der Waals surface area contributed by atoms with Gasteiger partial charge < -0.3 is 4.90 Å². The van der Waals surface area contributed by atoms with Crippen molar-refractivity contribution in [3.63, 3.8) is 0 Å². The Morgan fingerprint density at radius 2 is 1.81 bits per heavy atom. The molecule has 5 rings (SSSR count). The Bertz CT molecular complexity index is 1400. The van der Waals surface area contributed by atoms with E-state index in [-0.39, 0.29) is 23.2 Å². The summed E-state index contributed by atoms with van der Waals surface area (Å²) in [6.45, 7) is 5.71. The van der Waals surface area contributed by atoms with E-state index in [2.05, 4.69) is 10.2 Å². The fraction of sp³-hybridized carbons (Fsp3) is 0.480. The molecule has 2 aliphatic rings. The lowest BCUT2D eigenvalue weighted by atomic mass is 9.98. The lowest BCUT2D eigenvalue weighted by Gasteiger charge is -2.34. The van der Waals surface area contributed by atoms with E-state index in [1.807, 2.05) is 15.6 Å². The number of halogens is 1. The molecule has 0 N–H and O–H groups in total. The zero-order valence-electron chi connectivity index (χ0n) is 20.8. The molecule has 0 saturated carbocycles. The van der Waals surface area contributed by atoms with Crippen molar-refractivity contribution in [2.45, 2.75) is 51.1 Å². The zero-order chi connectivity index (χ0) is 25.6. The Morgan fingerprint density at radius 3 is 2.50 bits per heavy atom. The first-order valence-corrected chi connectivity index (χ1v) is 13.7. The fourth-order valence-corrected chi connectivity index (χ4v) is 7.21. The smallest absolute Gasteiger partial charge is 0.246 e. The third kappa shape index (κ3) is 4.45. The van der Waals surface area contributed by atoms with Crippen molar-refractivity contribution in [1.82, 2.24) is 28.8 Å². The summed E-state index contributed by atoms with van der Waals surface area (Å²) in [6.07, 6.45) is 2.05. The second kappa shape index (κ2) is 9.44. The van der Waals surface area contributed by atoms with Gasteiger partial charge in [-0.05, 0) is 63.4 Å². The van der Waals surface area contributed by atoms with Gasteiger partial charge in [-0.25, -0.2) is 12.8 Å². The molecule has 0 bridgehead atoms. The number of aromatic nitrogens is 4. The summed E-state index contributed by atoms with van der Waals surface area (Å²) in [6, 6.07) is 8.16. The number of piperidine rings is 1. The first-order valence-electron chi connectivity index (χ1n) is 12.3. The van der Waals surface area contributed by atoms with E-state index >= 15 is 0 Å². The Hall–Kier alpha value is -3.05. The first kappa shape index (κ1) is 24.6. The van der Waals surface area contributed by atoms with Gasteiger partial charge in [0.1, 0.15) is 10.7 Å². The molecule has 0 unspecified atom stereocenters. The molecule has 1 amide bonds. The average Bonchev–Trinajstić information content (AvgIpc) is 3.29. The minimum atomic E-state index is -3.75. The van der Waals surface area contributed by atoms with Gasteiger partial charge in [0.2, 0.25) is 15.9 Å². The van der Waals surface area contributed by atoms with Gasteiger partial charge in [-0.3, -0.25) is 14.2 Å². The van der Waals surface area contributed by atoms with E-state index < -0.39 is 15.9 Å². The lowest BCUT2D eigenvalue weighted by molar-refractivity contribution is -0.137. The van der Waals surface area contributed by atoms with E-state index in [1.165, 1.54) is 16.4 Å². The van der Waals surface area contributed by atoms with Crippen LogP contribution in [0.2, 0.25) is 0 Å². The number of aryl methyl sites for hydroxylation is 3. The maximum absolute atomic E-state index is 13.6. The van der Waals surface area contributed by atoms with Gasteiger partial charge in [-0.1, -0.05) is 0 Å². The van der Waals surface area contributed by atoms with Crippen molar-refractivity contribution in [2.24, 2.45) is 13.0 Å². The second-order valence-electron chi connectivity index (χ2n) is 9.69. The highest BCUT2D eigenvalue weighted by Crippen LogP contribution is 2.29. The molecule has 4 heterocycles. The summed E-state index contributed by atoms with van der Waals surface area (Å²) in [5.41, 5.74) is 3.56. The van der Waals surface area contributed by atoms with Crippen molar-refractivity contribution in [3.8, 4) is 11.3 Å². The first-order chi connectivity index (χ1) is 17.1. The van der Waals surface area contributed by atoms with Gasteiger partial charge in [0.05, 0.1) is 35.2 Å². The van der Waals surface area contributed by atoms with Crippen molar-refractivity contribution < 1.29 is 17.6 Å². The minimum Gasteiger partial charge on any atom is -0.336 e. The Balaban J connectivity index is 1.33. The maximum atomic E-state index is 13.6. The molecule has 2 aliphatic heterocycles. The number of amides is 1. The van der Waals surface area contributed by atoms with Crippen LogP contribution in [-0.2, 0) is 35.0 Å². The predicted molar refractivity (Wildman–Crippen MR) is 132 cm³/mol. The van der Waals surface area contributed by atoms with Gasteiger partial charge in [0.15, 0.2) is 0 Å². The van der Waals surface area contributed by atoms with E-state index in [0.717, 1.165) is 23.4 Å². The molecule has 192 valence electrons. The van der Waals surface area contributed by atoms with Crippen LogP contribution in [0.4, 0.5) is 4.39 Å². The number of fused-ring (bicyclic) bond motifs is 1. The number of hydrogen-bond acceptors (Lipinski definition) is 5.